The van der Waals surface area contributed by atoms with E-state index in [0.717, 1.165) is 0 Å². The van der Waals surface area contributed by atoms with Gasteiger partial charge in [0, 0.05) is 19.6 Å². The number of hydrogen-bond acceptors (Lipinski definition) is 4. The van der Waals surface area contributed by atoms with Gasteiger partial charge in [-0.1, -0.05) is 13.8 Å². The molecule has 0 bridgehead atoms. The van der Waals surface area contributed by atoms with Crippen molar-refractivity contribution in [3.8, 4) is 0 Å². The van der Waals surface area contributed by atoms with Crippen LogP contribution in [0.4, 0.5) is 0 Å². The zero-order valence-corrected chi connectivity index (χ0v) is 11.6. The standard InChI is InChI=1S/C12H24N2O4/c1-9(2)11(12(17)18)14(6-5-10(15)16)8-7-13(3)4/h9,11H,5-8H2,1-4H3,(H,15,16)(H,17,18). The molecule has 0 aromatic rings. The van der Waals surface area contributed by atoms with Crippen LogP contribution in [0, 0.1) is 5.92 Å². The zero-order valence-electron chi connectivity index (χ0n) is 11.6. The molecule has 0 aliphatic heterocycles. The maximum atomic E-state index is 11.3. The normalized spacial score (nSPS) is 13.3. The smallest absolute Gasteiger partial charge is 0.321 e. The van der Waals surface area contributed by atoms with E-state index in [0.29, 0.717) is 13.1 Å². The van der Waals surface area contributed by atoms with Crippen LogP contribution in [0.15, 0.2) is 0 Å². The Bertz CT molecular complexity index is 279. The molecule has 0 saturated carbocycles. The molecule has 0 aliphatic carbocycles. The highest BCUT2D eigenvalue weighted by atomic mass is 16.4. The first-order valence-corrected chi connectivity index (χ1v) is 6.09. The summed E-state index contributed by atoms with van der Waals surface area (Å²) in [6, 6.07) is -0.635. The van der Waals surface area contributed by atoms with Gasteiger partial charge < -0.3 is 15.1 Å². The van der Waals surface area contributed by atoms with Gasteiger partial charge in [-0.2, -0.15) is 0 Å². The average molecular weight is 260 g/mol. The minimum absolute atomic E-state index is 0.0378. The fourth-order valence-corrected chi connectivity index (χ4v) is 1.82. The van der Waals surface area contributed by atoms with E-state index in [9.17, 15) is 14.7 Å². The third-order valence-corrected chi connectivity index (χ3v) is 2.73. The molecule has 0 heterocycles. The first kappa shape index (κ1) is 16.9. The van der Waals surface area contributed by atoms with Crippen molar-refractivity contribution in [2.45, 2.75) is 26.3 Å². The maximum absolute atomic E-state index is 11.3. The van der Waals surface area contributed by atoms with Crippen LogP contribution in [0.3, 0.4) is 0 Å². The van der Waals surface area contributed by atoms with Crippen LogP contribution in [0.25, 0.3) is 0 Å². The molecule has 0 rings (SSSR count). The lowest BCUT2D eigenvalue weighted by Gasteiger charge is -2.31. The van der Waals surface area contributed by atoms with Gasteiger partial charge in [-0.05, 0) is 20.0 Å². The van der Waals surface area contributed by atoms with Gasteiger partial charge in [-0.15, -0.1) is 0 Å². The molecule has 0 aliphatic rings. The monoisotopic (exact) mass is 260 g/mol. The van der Waals surface area contributed by atoms with Crippen molar-refractivity contribution in [3.63, 3.8) is 0 Å². The summed E-state index contributed by atoms with van der Waals surface area (Å²) in [5.41, 5.74) is 0. The molecule has 0 aromatic heterocycles. The van der Waals surface area contributed by atoms with Crippen LogP contribution in [0.2, 0.25) is 0 Å². The summed E-state index contributed by atoms with van der Waals surface area (Å²) in [5.74, 6) is -1.86. The number of carbonyl (C=O) groups is 2. The van der Waals surface area contributed by atoms with E-state index in [2.05, 4.69) is 0 Å². The number of nitrogens with zero attached hydrogens (tertiary/aromatic N) is 2. The number of carboxylic acids is 2. The summed E-state index contributed by atoms with van der Waals surface area (Å²) in [4.78, 5) is 25.6. The number of likely N-dealkylation sites (N-methyl/N-ethyl adjacent to an activating group) is 1. The molecule has 0 aromatic carbocycles. The minimum atomic E-state index is -0.905. The van der Waals surface area contributed by atoms with E-state index in [-0.39, 0.29) is 18.9 Å². The molecule has 0 saturated heterocycles. The first-order valence-electron chi connectivity index (χ1n) is 6.09. The summed E-state index contributed by atoms with van der Waals surface area (Å²) in [6.45, 7) is 5.19. The molecule has 18 heavy (non-hydrogen) atoms. The highest BCUT2D eigenvalue weighted by Gasteiger charge is 2.28. The molecular weight excluding hydrogens is 236 g/mol. The second-order valence-electron chi connectivity index (χ2n) is 5.01. The fourth-order valence-electron chi connectivity index (χ4n) is 1.82. The largest absolute Gasteiger partial charge is 0.481 e. The Morgan fingerprint density at radius 1 is 1.06 bits per heavy atom. The van der Waals surface area contributed by atoms with E-state index in [1.807, 2.05) is 32.8 Å². The first-order chi connectivity index (χ1) is 8.25. The van der Waals surface area contributed by atoms with Gasteiger partial charge >= 0.3 is 11.9 Å². The Hall–Kier alpha value is -1.14. The lowest BCUT2D eigenvalue weighted by molar-refractivity contribution is -0.146. The Balaban J connectivity index is 4.68. The predicted octanol–water partition coefficient (Wildman–Crippen LogP) is 0.434. The number of carboxylic acid groups (broad SMARTS) is 2. The molecule has 0 amide bonds. The Morgan fingerprint density at radius 2 is 1.61 bits per heavy atom. The molecule has 2 N–H and O–H groups in total. The summed E-state index contributed by atoms with van der Waals surface area (Å²) < 4.78 is 0. The molecule has 1 atom stereocenters. The van der Waals surface area contributed by atoms with Crippen molar-refractivity contribution < 1.29 is 19.8 Å². The number of hydrogen-bond donors (Lipinski definition) is 2. The second kappa shape index (κ2) is 8.05. The van der Waals surface area contributed by atoms with Crippen LogP contribution < -0.4 is 0 Å². The van der Waals surface area contributed by atoms with Crippen molar-refractivity contribution >= 4 is 11.9 Å². The predicted molar refractivity (Wildman–Crippen MR) is 68.6 cm³/mol. The summed E-state index contributed by atoms with van der Waals surface area (Å²) in [5, 5.41) is 18.0. The number of rotatable bonds is 9. The highest BCUT2D eigenvalue weighted by Crippen LogP contribution is 2.12. The summed E-state index contributed by atoms with van der Waals surface area (Å²) in [7, 11) is 3.81. The van der Waals surface area contributed by atoms with Crippen LogP contribution in [-0.2, 0) is 9.59 Å². The van der Waals surface area contributed by atoms with Gasteiger partial charge in [0.1, 0.15) is 6.04 Å². The van der Waals surface area contributed by atoms with Crippen molar-refractivity contribution in [2.75, 3.05) is 33.7 Å². The van der Waals surface area contributed by atoms with E-state index in [1.54, 1.807) is 4.90 Å². The fraction of sp³-hybridized carbons (Fsp3) is 0.833. The Labute approximate surface area is 108 Å². The molecular formula is C12H24N2O4. The third-order valence-electron chi connectivity index (χ3n) is 2.73. The molecule has 0 fully saturated rings. The zero-order chi connectivity index (χ0) is 14.3. The van der Waals surface area contributed by atoms with Crippen LogP contribution >= 0.6 is 0 Å². The molecule has 6 nitrogen and oxygen atoms in total. The van der Waals surface area contributed by atoms with Crippen LogP contribution in [0.5, 0.6) is 0 Å². The average Bonchev–Trinajstić information content (AvgIpc) is 2.20. The Morgan fingerprint density at radius 3 is 1.94 bits per heavy atom. The van der Waals surface area contributed by atoms with Crippen LogP contribution in [0.1, 0.15) is 20.3 Å². The SMILES string of the molecule is CC(C)C(C(=O)O)N(CCC(=O)O)CCN(C)C. The van der Waals surface area contributed by atoms with E-state index >= 15 is 0 Å². The Kier molecular flexibility index (Phi) is 7.54. The van der Waals surface area contributed by atoms with Gasteiger partial charge in [-0.25, -0.2) is 0 Å². The lowest BCUT2D eigenvalue weighted by atomic mass is 10.0. The van der Waals surface area contributed by atoms with Crippen molar-refractivity contribution in [3.05, 3.63) is 0 Å². The quantitative estimate of drug-likeness (QED) is 0.626. The van der Waals surface area contributed by atoms with E-state index in [1.165, 1.54) is 0 Å². The van der Waals surface area contributed by atoms with E-state index < -0.39 is 18.0 Å². The summed E-state index contributed by atoms with van der Waals surface area (Å²) in [6.07, 6.45) is -0.0378. The molecule has 106 valence electrons. The molecule has 0 spiro atoms. The topological polar surface area (TPSA) is 81.1 Å². The second-order valence-corrected chi connectivity index (χ2v) is 5.01. The third kappa shape index (κ3) is 6.56. The molecule has 0 radical (unpaired) electrons. The van der Waals surface area contributed by atoms with Gasteiger partial charge in [0.05, 0.1) is 6.42 Å². The van der Waals surface area contributed by atoms with Gasteiger partial charge in [0.25, 0.3) is 0 Å². The van der Waals surface area contributed by atoms with Gasteiger partial charge in [0.2, 0.25) is 0 Å². The molecule has 6 heteroatoms. The molecule has 1 unspecified atom stereocenters. The number of aliphatic carboxylic acids is 2. The van der Waals surface area contributed by atoms with Gasteiger partial charge in [0.15, 0.2) is 0 Å². The van der Waals surface area contributed by atoms with Crippen molar-refractivity contribution in [2.24, 2.45) is 5.92 Å². The highest BCUT2D eigenvalue weighted by molar-refractivity contribution is 5.74. The maximum Gasteiger partial charge on any atom is 0.321 e. The van der Waals surface area contributed by atoms with Crippen LogP contribution in [-0.4, -0.2) is 71.7 Å². The van der Waals surface area contributed by atoms with Gasteiger partial charge in [-0.3, -0.25) is 14.5 Å². The minimum Gasteiger partial charge on any atom is -0.481 e. The summed E-state index contributed by atoms with van der Waals surface area (Å²) >= 11 is 0. The van der Waals surface area contributed by atoms with Crippen molar-refractivity contribution in [1.82, 2.24) is 9.80 Å². The van der Waals surface area contributed by atoms with Crippen molar-refractivity contribution in [1.29, 1.82) is 0 Å². The lowest BCUT2D eigenvalue weighted by Crippen LogP contribution is -2.48. The van der Waals surface area contributed by atoms with E-state index in [4.69, 9.17) is 5.11 Å².